The average Bonchev–Trinajstić information content (AvgIpc) is 2.92. The van der Waals surface area contributed by atoms with Crippen LogP contribution in [0.25, 0.3) is 12.2 Å². The van der Waals surface area contributed by atoms with Crippen LogP contribution in [0.5, 0.6) is 28.7 Å². The van der Waals surface area contributed by atoms with Crippen LogP contribution in [0.3, 0.4) is 0 Å². The predicted molar refractivity (Wildman–Crippen MR) is 152 cm³/mol. The van der Waals surface area contributed by atoms with E-state index in [1.54, 1.807) is 33.3 Å². The Morgan fingerprint density at radius 2 is 1.38 bits per heavy atom. The van der Waals surface area contributed by atoms with Gasteiger partial charge in [0.15, 0.2) is 23.0 Å². The Labute approximate surface area is 232 Å². The van der Waals surface area contributed by atoms with Gasteiger partial charge in [-0.1, -0.05) is 18.2 Å². The van der Waals surface area contributed by atoms with Gasteiger partial charge in [-0.05, 0) is 62.6 Å². The first-order valence-corrected chi connectivity index (χ1v) is 13.2. The van der Waals surface area contributed by atoms with E-state index >= 15 is 0 Å². The summed E-state index contributed by atoms with van der Waals surface area (Å²) < 4.78 is 33.4. The van der Waals surface area contributed by atoms with Crippen LogP contribution in [0.1, 0.15) is 38.3 Å². The Kier molecular flexibility index (Phi) is 10.7. The van der Waals surface area contributed by atoms with Gasteiger partial charge < -0.3 is 33.3 Å². The maximum absolute atomic E-state index is 12.3. The van der Waals surface area contributed by atoms with Crippen LogP contribution in [0.4, 0.5) is 4.79 Å². The summed E-state index contributed by atoms with van der Waals surface area (Å²) in [4.78, 5) is 16.4. The molecule has 1 saturated heterocycles. The summed E-state index contributed by atoms with van der Waals surface area (Å²) in [5, 5.41) is 0. The molecule has 1 aliphatic heterocycles. The van der Waals surface area contributed by atoms with E-state index in [9.17, 15) is 4.79 Å². The zero-order chi connectivity index (χ0) is 28.4. The van der Waals surface area contributed by atoms with E-state index in [0.717, 1.165) is 37.2 Å². The average molecular weight is 543 g/mol. The minimum atomic E-state index is -0.476. The quantitative estimate of drug-likeness (QED) is 0.283. The summed E-state index contributed by atoms with van der Waals surface area (Å²) in [6.45, 7) is 10.1. The van der Waals surface area contributed by atoms with E-state index in [1.807, 2.05) is 63.3 Å². The van der Waals surface area contributed by atoms with E-state index in [1.165, 1.54) is 0 Å². The van der Waals surface area contributed by atoms with Gasteiger partial charge in [0.1, 0.15) is 5.60 Å². The van der Waals surface area contributed by atoms with Crippen LogP contribution in [-0.2, 0) is 4.74 Å². The Balaban J connectivity index is 1.54. The van der Waals surface area contributed by atoms with Gasteiger partial charge in [0.25, 0.3) is 0 Å². The van der Waals surface area contributed by atoms with Crippen molar-refractivity contribution in [3.05, 3.63) is 41.5 Å². The fourth-order valence-corrected chi connectivity index (χ4v) is 4.25. The second kappa shape index (κ2) is 14.0. The lowest BCUT2D eigenvalue weighted by Gasteiger charge is -2.35. The number of benzene rings is 2. The number of methoxy groups -OCH3 is 4. The topological polar surface area (TPSA) is 78.9 Å². The first-order valence-electron chi connectivity index (χ1n) is 13.2. The highest BCUT2D eigenvalue weighted by molar-refractivity contribution is 5.73. The molecule has 0 radical (unpaired) electrons. The minimum Gasteiger partial charge on any atom is -0.493 e. The maximum atomic E-state index is 12.3. The van der Waals surface area contributed by atoms with Crippen LogP contribution in [-0.4, -0.2) is 89.3 Å². The van der Waals surface area contributed by atoms with Gasteiger partial charge in [0.2, 0.25) is 5.75 Å². The lowest BCUT2D eigenvalue weighted by Crippen LogP contribution is -2.50. The molecule has 0 aliphatic carbocycles. The van der Waals surface area contributed by atoms with Crippen LogP contribution in [0, 0.1) is 0 Å². The third-order valence-electron chi connectivity index (χ3n) is 6.24. The van der Waals surface area contributed by atoms with Crippen molar-refractivity contribution in [3.63, 3.8) is 0 Å². The van der Waals surface area contributed by atoms with Crippen LogP contribution >= 0.6 is 0 Å². The van der Waals surface area contributed by atoms with Gasteiger partial charge in [-0.3, -0.25) is 4.90 Å². The Morgan fingerprint density at radius 1 is 0.795 bits per heavy atom. The van der Waals surface area contributed by atoms with Crippen LogP contribution in [0.2, 0.25) is 0 Å². The Bertz CT molecular complexity index is 1090. The molecule has 0 unspecified atom stereocenters. The number of ether oxygens (including phenoxy) is 6. The summed E-state index contributed by atoms with van der Waals surface area (Å²) in [5.74, 6) is 3.13. The second-order valence-electron chi connectivity index (χ2n) is 10.2. The van der Waals surface area contributed by atoms with Crippen molar-refractivity contribution in [1.82, 2.24) is 9.80 Å². The zero-order valence-corrected chi connectivity index (χ0v) is 24.2. The number of rotatable bonds is 11. The van der Waals surface area contributed by atoms with Crippen molar-refractivity contribution in [2.75, 3.05) is 67.8 Å². The molecule has 1 aliphatic rings. The molecule has 0 aromatic heterocycles. The molecular weight excluding hydrogens is 500 g/mol. The summed E-state index contributed by atoms with van der Waals surface area (Å²) in [7, 11) is 6.42. The molecule has 1 fully saturated rings. The molecule has 9 heteroatoms. The first-order chi connectivity index (χ1) is 18.7. The summed E-state index contributed by atoms with van der Waals surface area (Å²) in [5.41, 5.74) is 1.41. The normalized spacial score (nSPS) is 14.3. The lowest BCUT2D eigenvalue weighted by molar-refractivity contribution is 0.0142. The van der Waals surface area contributed by atoms with Gasteiger partial charge in [-0.15, -0.1) is 0 Å². The molecule has 214 valence electrons. The second-order valence-corrected chi connectivity index (χ2v) is 10.2. The molecule has 39 heavy (non-hydrogen) atoms. The summed E-state index contributed by atoms with van der Waals surface area (Å²) in [6.07, 6.45) is 4.60. The van der Waals surface area contributed by atoms with E-state index in [4.69, 9.17) is 28.4 Å². The molecule has 2 aromatic carbocycles. The standard InChI is InChI=1S/C30H42N2O7/c1-30(2,3)39-29(33)32-16-14-31(15-17-32)13-8-18-38-25-19-22(11-12-24(25)34-4)9-10-23-20-26(35-5)28(37-7)27(21-23)36-6/h9-12,19-21H,8,13-18H2,1-7H3/b10-9-. The SMILES string of the molecule is COc1ccc(/C=C\c2cc(OC)c(OC)c(OC)c2)cc1OCCCN1CCN(C(=O)OC(C)(C)C)CC1. The van der Waals surface area contributed by atoms with E-state index < -0.39 is 5.60 Å². The third-order valence-corrected chi connectivity index (χ3v) is 6.24. The number of hydrogen-bond donors (Lipinski definition) is 0. The van der Waals surface area contributed by atoms with Crippen molar-refractivity contribution < 1.29 is 33.2 Å². The van der Waals surface area contributed by atoms with Gasteiger partial charge in [0, 0.05) is 32.7 Å². The predicted octanol–water partition coefficient (Wildman–Crippen LogP) is 5.21. The first kappa shape index (κ1) is 30.0. The molecular formula is C30H42N2O7. The fourth-order valence-electron chi connectivity index (χ4n) is 4.25. The molecule has 0 bridgehead atoms. The number of nitrogens with zero attached hydrogens (tertiary/aromatic N) is 2. The molecule has 0 N–H and O–H groups in total. The molecule has 1 heterocycles. The van der Waals surface area contributed by atoms with Crippen LogP contribution < -0.4 is 23.7 Å². The van der Waals surface area contributed by atoms with Gasteiger partial charge in [-0.2, -0.15) is 0 Å². The zero-order valence-electron chi connectivity index (χ0n) is 24.2. The largest absolute Gasteiger partial charge is 0.493 e. The van der Waals surface area contributed by atoms with Crippen molar-refractivity contribution in [3.8, 4) is 28.7 Å². The molecule has 1 amide bonds. The van der Waals surface area contributed by atoms with Crippen molar-refractivity contribution in [1.29, 1.82) is 0 Å². The highest BCUT2D eigenvalue weighted by Gasteiger charge is 2.25. The fraction of sp³-hybridized carbons (Fsp3) is 0.500. The molecule has 9 nitrogen and oxygen atoms in total. The van der Waals surface area contributed by atoms with Crippen LogP contribution in [0.15, 0.2) is 30.3 Å². The highest BCUT2D eigenvalue weighted by Crippen LogP contribution is 2.38. The van der Waals surface area contributed by atoms with Crippen molar-refractivity contribution in [2.24, 2.45) is 0 Å². The molecule has 2 aromatic rings. The van der Waals surface area contributed by atoms with Crippen molar-refractivity contribution >= 4 is 18.2 Å². The maximum Gasteiger partial charge on any atom is 0.410 e. The summed E-state index contributed by atoms with van der Waals surface area (Å²) in [6, 6.07) is 9.63. The smallest absolute Gasteiger partial charge is 0.410 e. The van der Waals surface area contributed by atoms with E-state index in [2.05, 4.69) is 4.90 Å². The Hall–Kier alpha value is -3.59. The molecule has 0 saturated carbocycles. The molecule has 0 spiro atoms. The number of carbonyl (C=O) groups excluding carboxylic acids is 1. The monoisotopic (exact) mass is 542 g/mol. The Morgan fingerprint density at radius 3 is 1.95 bits per heavy atom. The third kappa shape index (κ3) is 8.71. The summed E-state index contributed by atoms with van der Waals surface area (Å²) >= 11 is 0. The van der Waals surface area contributed by atoms with Gasteiger partial charge in [0.05, 0.1) is 35.0 Å². The molecule has 3 rings (SSSR count). The van der Waals surface area contributed by atoms with Gasteiger partial charge >= 0.3 is 6.09 Å². The number of piperazine rings is 1. The minimum absolute atomic E-state index is 0.239. The van der Waals surface area contributed by atoms with E-state index in [-0.39, 0.29) is 6.09 Å². The lowest BCUT2D eigenvalue weighted by atomic mass is 10.1. The van der Waals surface area contributed by atoms with E-state index in [0.29, 0.717) is 48.4 Å². The van der Waals surface area contributed by atoms with Gasteiger partial charge in [-0.25, -0.2) is 4.79 Å². The number of carbonyl (C=O) groups is 1. The highest BCUT2D eigenvalue weighted by atomic mass is 16.6. The number of amides is 1. The van der Waals surface area contributed by atoms with Crippen molar-refractivity contribution in [2.45, 2.75) is 32.8 Å². The molecule has 0 atom stereocenters. The number of hydrogen-bond acceptors (Lipinski definition) is 8.